The number of amides is 1. The van der Waals surface area contributed by atoms with Gasteiger partial charge in [-0.15, -0.1) is 0 Å². The molecule has 0 radical (unpaired) electrons. The number of hydrogen-bond donors (Lipinski definition) is 1. The second-order valence-corrected chi connectivity index (χ2v) is 7.10. The molecule has 0 aliphatic rings. The predicted molar refractivity (Wildman–Crippen MR) is 118 cm³/mol. The zero-order valence-electron chi connectivity index (χ0n) is 16.6. The predicted octanol–water partition coefficient (Wildman–Crippen LogP) is 5.55. The first-order valence-corrected chi connectivity index (χ1v) is 10.0. The number of rotatable bonds is 7. The minimum absolute atomic E-state index is 0.235. The molecule has 0 aliphatic heterocycles. The molecule has 3 aromatic carbocycles. The van der Waals surface area contributed by atoms with E-state index < -0.39 is 6.09 Å². The van der Waals surface area contributed by atoms with Gasteiger partial charge in [-0.1, -0.05) is 91.0 Å². The number of alkyl carbamates (subject to hydrolysis) is 1. The van der Waals surface area contributed by atoms with Crippen molar-refractivity contribution in [2.45, 2.75) is 19.2 Å². The number of ether oxygens (including phenoxy) is 1. The fourth-order valence-corrected chi connectivity index (χ4v) is 3.47. The summed E-state index contributed by atoms with van der Waals surface area (Å²) in [5.41, 5.74) is 4.16. The lowest BCUT2D eigenvalue weighted by Crippen LogP contribution is -2.31. The quantitative estimate of drug-likeness (QED) is 0.445. The number of benzene rings is 3. The summed E-state index contributed by atoms with van der Waals surface area (Å²) >= 11 is 0. The maximum Gasteiger partial charge on any atom is 0.408 e. The van der Waals surface area contributed by atoms with Crippen LogP contribution in [0.4, 0.5) is 4.79 Å². The van der Waals surface area contributed by atoms with E-state index in [-0.39, 0.29) is 12.6 Å². The first-order chi connectivity index (χ1) is 14.8. The molecule has 0 saturated carbocycles. The fourth-order valence-electron chi connectivity index (χ4n) is 3.47. The average molecular weight is 396 g/mol. The first-order valence-electron chi connectivity index (χ1n) is 10.0. The Balaban J connectivity index is 1.54. The lowest BCUT2D eigenvalue weighted by Gasteiger charge is -2.21. The first kappa shape index (κ1) is 19.5. The Hall–Kier alpha value is -3.79. The topological polar surface area (TPSA) is 43.3 Å². The highest BCUT2D eigenvalue weighted by Crippen LogP contribution is 2.24. The van der Waals surface area contributed by atoms with Crippen LogP contribution in [0.5, 0.6) is 0 Å². The number of carbonyl (C=O) groups is 1. The number of hydrogen-bond acceptors (Lipinski definition) is 2. The van der Waals surface area contributed by atoms with Gasteiger partial charge in [-0.2, -0.15) is 0 Å². The molecule has 4 heteroatoms. The molecule has 1 N–H and O–H groups in total. The second-order valence-electron chi connectivity index (χ2n) is 7.10. The van der Waals surface area contributed by atoms with Crippen LogP contribution in [0, 0.1) is 0 Å². The molecule has 0 bridgehead atoms. The standard InChI is InChI=1S/C26H24N2O2/c29-26(30-20-22-13-6-2-7-14-22)27-25(23-15-8-3-9-16-23)24-17-10-18-28(24)19-21-11-4-1-5-12-21/h1-18,25H,19-20H2,(H,27,29)/t25-/m1/s1. The summed E-state index contributed by atoms with van der Waals surface area (Å²) in [7, 11) is 0. The Morgan fingerprint density at radius 3 is 2.03 bits per heavy atom. The maximum absolute atomic E-state index is 12.6. The molecule has 1 amide bonds. The smallest absolute Gasteiger partial charge is 0.408 e. The van der Waals surface area contributed by atoms with Crippen LogP contribution in [0.1, 0.15) is 28.4 Å². The Kier molecular flexibility index (Phi) is 6.25. The normalized spacial score (nSPS) is 11.6. The van der Waals surface area contributed by atoms with Crippen molar-refractivity contribution in [2.24, 2.45) is 0 Å². The van der Waals surface area contributed by atoms with Gasteiger partial charge >= 0.3 is 6.09 Å². The van der Waals surface area contributed by atoms with Crippen molar-refractivity contribution in [3.05, 3.63) is 132 Å². The lowest BCUT2D eigenvalue weighted by atomic mass is 10.0. The van der Waals surface area contributed by atoms with E-state index in [1.807, 2.05) is 97.2 Å². The number of nitrogens with zero attached hydrogens (tertiary/aromatic N) is 1. The van der Waals surface area contributed by atoms with Gasteiger partial charge in [-0.05, 0) is 28.8 Å². The Morgan fingerprint density at radius 2 is 1.37 bits per heavy atom. The van der Waals surface area contributed by atoms with E-state index in [9.17, 15) is 4.79 Å². The van der Waals surface area contributed by atoms with E-state index in [0.717, 1.165) is 23.4 Å². The van der Waals surface area contributed by atoms with Crippen molar-refractivity contribution in [1.82, 2.24) is 9.88 Å². The van der Waals surface area contributed by atoms with Crippen LogP contribution in [0.25, 0.3) is 0 Å². The maximum atomic E-state index is 12.6. The summed E-state index contributed by atoms with van der Waals surface area (Å²) in [6.07, 6.45) is 1.59. The Bertz CT molecular complexity index is 1060. The zero-order chi connectivity index (χ0) is 20.6. The largest absolute Gasteiger partial charge is 0.445 e. The summed E-state index contributed by atoms with van der Waals surface area (Å²) in [6.45, 7) is 0.965. The van der Waals surface area contributed by atoms with Crippen LogP contribution in [0.3, 0.4) is 0 Å². The third-order valence-corrected chi connectivity index (χ3v) is 4.96. The molecular weight excluding hydrogens is 372 g/mol. The van der Waals surface area contributed by atoms with Crippen molar-refractivity contribution in [2.75, 3.05) is 0 Å². The van der Waals surface area contributed by atoms with Crippen LogP contribution < -0.4 is 5.32 Å². The summed E-state index contributed by atoms with van der Waals surface area (Å²) in [6, 6.07) is 33.6. The van der Waals surface area contributed by atoms with Gasteiger partial charge < -0.3 is 14.6 Å². The molecule has 4 rings (SSSR count). The van der Waals surface area contributed by atoms with E-state index in [1.54, 1.807) is 0 Å². The average Bonchev–Trinajstić information content (AvgIpc) is 3.26. The molecule has 0 unspecified atom stereocenters. The van der Waals surface area contributed by atoms with Crippen LogP contribution >= 0.6 is 0 Å². The lowest BCUT2D eigenvalue weighted by molar-refractivity contribution is 0.137. The van der Waals surface area contributed by atoms with Crippen molar-refractivity contribution in [3.63, 3.8) is 0 Å². The van der Waals surface area contributed by atoms with Crippen molar-refractivity contribution in [1.29, 1.82) is 0 Å². The van der Waals surface area contributed by atoms with Gasteiger partial charge in [-0.25, -0.2) is 4.79 Å². The summed E-state index contributed by atoms with van der Waals surface area (Å²) in [5.74, 6) is 0. The van der Waals surface area contributed by atoms with E-state index in [0.29, 0.717) is 0 Å². The van der Waals surface area contributed by atoms with Crippen molar-refractivity contribution in [3.8, 4) is 0 Å². The molecule has 1 atom stereocenters. The summed E-state index contributed by atoms with van der Waals surface area (Å²) in [5, 5.41) is 3.05. The number of nitrogens with one attached hydrogen (secondary N) is 1. The fraction of sp³-hybridized carbons (Fsp3) is 0.115. The van der Waals surface area contributed by atoms with Gasteiger partial charge in [0, 0.05) is 18.4 Å². The number of aromatic nitrogens is 1. The van der Waals surface area contributed by atoms with Crippen LogP contribution in [0.2, 0.25) is 0 Å². The summed E-state index contributed by atoms with van der Waals surface area (Å²) in [4.78, 5) is 12.6. The van der Waals surface area contributed by atoms with E-state index in [2.05, 4.69) is 22.0 Å². The van der Waals surface area contributed by atoms with Crippen molar-refractivity contribution < 1.29 is 9.53 Å². The van der Waals surface area contributed by atoms with Crippen LogP contribution in [0.15, 0.2) is 109 Å². The molecule has 0 saturated heterocycles. The van der Waals surface area contributed by atoms with E-state index >= 15 is 0 Å². The minimum Gasteiger partial charge on any atom is -0.445 e. The molecule has 0 aliphatic carbocycles. The highest BCUT2D eigenvalue weighted by Gasteiger charge is 2.20. The van der Waals surface area contributed by atoms with E-state index in [1.165, 1.54) is 5.56 Å². The minimum atomic E-state index is -0.444. The molecule has 4 nitrogen and oxygen atoms in total. The Morgan fingerprint density at radius 1 is 0.767 bits per heavy atom. The van der Waals surface area contributed by atoms with Gasteiger partial charge in [0.25, 0.3) is 0 Å². The zero-order valence-corrected chi connectivity index (χ0v) is 16.6. The molecule has 4 aromatic rings. The highest BCUT2D eigenvalue weighted by molar-refractivity contribution is 5.68. The third-order valence-electron chi connectivity index (χ3n) is 4.96. The van der Waals surface area contributed by atoms with Crippen molar-refractivity contribution >= 4 is 6.09 Å². The molecule has 30 heavy (non-hydrogen) atoms. The van der Waals surface area contributed by atoms with Gasteiger partial charge in [0.15, 0.2) is 0 Å². The molecule has 1 aromatic heterocycles. The van der Waals surface area contributed by atoms with Gasteiger partial charge in [0.1, 0.15) is 6.61 Å². The molecule has 0 fully saturated rings. The summed E-state index contributed by atoms with van der Waals surface area (Å²) < 4.78 is 7.63. The van der Waals surface area contributed by atoms with Gasteiger partial charge in [-0.3, -0.25) is 0 Å². The van der Waals surface area contributed by atoms with Crippen LogP contribution in [-0.4, -0.2) is 10.7 Å². The van der Waals surface area contributed by atoms with Gasteiger partial charge in [0.2, 0.25) is 0 Å². The SMILES string of the molecule is O=C(N[C@H](c1ccccc1)c1cccn1Cc1ccccc1)OCc1ccccc1. The van der Waals surface area contributed by atoms with E-state index in [4.69, 9.17) is 4.74 Å². The number of carbonyl (C=O) groups excluding carboxylic acids is 1. The monoisotopic (exact) mass is 396 g/mol. The van der Waals surface area contributed by atoms with Crippen LogP contribution in [-0.2, 0) is 17.9 Å². The molecule has 0 spiro atoms. The highest BCUT2D eigenvalue weighted by atomic mass is 16.5. The molecule has 150 valence electrons. The third kappa shape index (κ3) is 4.97. The second kappa shape index (κ2) is 9.61. The Labute approximate surface area is 176 Å². The van der Waals surface area contributed by atoms with Gasteiger partial charge in [0.05, 0.1) is 6.04 Å². The molecule has 1 heterocycles. The molecular formula is C26H24N2O2.